The molecule has 0 bridgehead atoms. The molecule has 0 saturated carbocycles. The molecule has 1 fully saturated rings. The molecular weight excluding hydrogens is 318 g/mol. The van der Waals surface area contributed by atoms with E-state index in [4.69, 9.17) is 0 Å². The van der Waals surface area contributed by atoms with E-state index in [1.807, 2.05) is 6.07 Å². The van der Waals surface area contributed by atoms with Crippen molar-refractivity contribution in [3.63, 3.8) is 0 Å². The van der Waals surface area contributed by atoms with Crippen molar-refractivity contribution in [2.45, 2.75) is 13.8 Å². The highest BCUT2D eigenvalue weighted by Crippen LogP contribution is 2.13. The first-order chi connectivity index (χ1) is 12.2. The minimum Gasteiger partial charge on any atom is -0.356 e. The Bertz CT molecular complexity index is 680. The van der Waals surface area contributed by atoms with Gasteiger partial charge in [-0.15, -0.1) is 10.2 Å². The summed E-state index contributed by atoms with van der Waals surface area (Å²) in [7, 11) is 0. The number of rotatable bonds is 5. The van der Waals surface area contributed by atoms with Crippen molar-refractivity contribution in [1.82, 2.24) is 25.1 Å². The van der Waals surface area contributed by atoms with Gasteiger partial charge < -0.3 is 14.7 Å². The first-order valence-electron chi connectivity index (χ1n) is 8.62. The van der Waals surface area contributed by atoms with E-state index < -0.39 is 0 Å². The molecule has 1 amide bonds. The fraction of sp³-hybridized carbons (Fsp3) is 0.471. The second kappa shape index (κ2) is 7.87. The van der Waals surface area contributed by atoms with Crippen molar-refractivity contribution >= 4 is 17.7 Å². The predicted octanol–water partition coefficient (Wildman–Crippen LogP) is 1.08. The third-order valence-electron chi connectivity index (χ3n) is 4.36. The van der Waals surface area contributed by atoms with E-state index in [-0.39, 0.29) is 5.91 Å². The van der Waals surface area contributed by atoms with Gasteiger partial charge in [-0.05, 0) is 32.0 Å². The summed E-state index contributed by atoms with van der Waals surface area (Å²) >= 11 is 0. The number of carbonyl (C=O) groups is 1. The highest BCUT2D eigenvalue weighted by atomic mass is 16.2. The Morgan fingerprint density at radius 1 is 1.04 bits per heavy atom. The van der Waals surface area contributed by atoms with E-state index in [2.05, 4.69) is 43.8 Å². The summed E-state index contributed by atoms with van der Waals surface area (Å²) in [5.41, 5.74) is 0.389. The number of piperazine rings is 1. The Morgan fingerprint density at radius 2 is 1.72 bits per heavy atom. The predicted molar refractivity (Wildman–Crippen MR) is 95.7 cm³/mol. The Labute approximate surface area is 147 Å². The van der Waals surface area contributed by atoms with E-state index in [9.17, 15) is 4.79 Å². The zero-order chi connectivity index (χ0) is 17.6. The van der Waals surface area contributed by atoms with Crippen LogP contribution < -0.4 is 9.80 Å². The molecule has 8 heteroatoms. The van der Waals surface area contributed by atoms with Gasteiger partial charge in [-0.2, -0.15) is 0 Å². The molecule has 0 unspecified atom stereocenters. The molecule has 8 nitrogen and oxygen atoms in total. The number of anilines is 2. The lowest BCUT2D eigenvalue weighted by atomic mass is 10.2. The van der Waals surface area contributed by atoms with E-state index >= 15 is 0 Å². The van der Waals surface area contributed by atoms with E-state index in [1.54, 1.807) is 29.4 Å². The van der Waals surface area contributed by atoms with Crippen LogP contribution in [0.2, 0.25) is 0 Å². The van der Waals surface area contributed by atoms with Crippen molar-refractivity contribution < 1.29 is 4.79 Å². The second-order valence-electron chi connectivity index (χ2n) is 5.78. The van der Waals surface area contributed by atoms with Gasteiger partial charge in [-0.1, -0.05) is 0 Å². The summed E-state index contributed by atoms with van der Waals surface area (Å²) in [6.45, 7) is 8.53. The molecule has 3 rings (SSSR count). The molecule has 25 heavy (non-hydrogen) atoms. The fourth-order valence-corrected chi connectivity index (χ4v) is 2.88. The SMILES string of the molecule is CCN(CC)c1ccc(C(=O)N2CCN(c3ncccn3)CC2)nn1. The Kier molecular flexibility index (Phi) is 5.37. The third-order valence-corrected chi connectivity index (χ3v) is 4.36. The maximum atomic E-state index is 12.6. The second-order valence-corrected chi connectivity index (χ2v) is 5.78. The Balaban J connectivity index is 1.61. The van der Waals surface area contributed by atoms with Gasteiger partial charge in [0.15, 0.2) is 11.5 Å². The molecular formula is C17H23N7O. The van der Waals surface area contributed by atoms with Gasteiger partial charge in [0.05, 0.1) is 0 Å². The topological polar surface area (TPSA) is 78.4 Å². The number of nitrogens with zero attached hydrogens (tertiary/aromatic N) is 7. The summed E-state index contributed by atoms with van der Waals surface area (Å²) in [5, 5.41) is 8.32. The van der Waals surface area contributed by atoms with Crippen LogP contribution in [-0.2, 0) is 0 Å². The van der Waals surface area contributed by atoms with Crippen LogP contribution in [0.5, 0.6) is 0 Å². The average Bonchev–Trinajstić information content (AvgIpc) is 2.70. The molecule has 2 aromatic heterocycles. The van der Waals surface area contributed by atoms with Crippen LogP contribution in [0, 0.1) is 0 Å². The molecule has 0 radical (unpaired) electrons. The van der Waals surface area contributed by atoms with E-state index in [0.717, 1.165) is 18.9 Å². The standard InChI is InChI=1S/C17H23N7O/c1-3-22(4-2)15-7-6-14(20-21-15)16(25)23-10-12-24(13-11-23)17-18-8-5-9-19-17/h5-9H,3-4,10-13H2,1-2H3. The quantitative estimate of drug-likeness (QED) is 0.805. The van der Waals surface area contributed by atoms with Gasteiger partial charge in [0.1, 0.15) is 0 Å². The molecule has 1 aliphatic heterocycles. The van der Waals surface area contributed by atoms with Gasteiger partial charge >= 0.3 is 0 Å². The minimum atomic E-state index is -0.0766. The maximum Gasteiger partial charge on any atom is 0.274 e. The normalized spacial score (nSPS) is 14.5. The summed E-state index contributed by atoms with van der Waals surface area (Å²) in [6.07, 6.45) is 3.46. The van der Waals surface area contributed by atoms with Crippen molar-refractivity contribution in [2.24, 2.45) is 0 Å². The number of aromatic nitrogens is 4. The fourth-order valence-electron chi connectivity index (χ4n) is 2.88. The van der Waals surface area contributed by atoms with Gasteiger partial charge in [0.2, 0.25) is 5.95 Å². The van der Waals surface area contributed by atoms with Crippen LogP contribution in [-0.4, -0.2) is 70.2 Å². The van der Waals surface area contributed by atoms with Crippen LogP contribution in [0.4, 0.5) is 11.8 Å². The lowest BCUT2D eigenvalue weighted by molar-refractivity contribution is 0.0739. The summed E-state index contributed by atoms with van der Waals surface area (Å²) in [4.78, 5) is 27.1. The van der Waals surface area contributed by atoms with Crippen molar-refractivity contribution in [1.29, 1.82) is 0 Å². The van der Waals surface area contributed by atoms with Gasteiger partial charge in [0.25, 0.3) is 5.91 Å². The first kappa shape index (κ1) is 17.1. The van der Waals surface area contributed by atoms with Gasteiger partial charge in [-0.25, -0.2) is 9.97 Å². The van der Waals surface area contributed by atoms with Crippen molar-refractivity contribution in [3.8, 4) is 0 Å². The molecule has 3 heterocycles. The van der Waals surface area contributed by atoms with Crippen LogP contribution in [0.15, 0.2) is 30.6 Å². The molecule has 0 aromatic carbocycles. The van der Waals surface area contributed by atoms with Crippen LogP contribution in [0.25, 0.3) is 0 Å². The largest absolute Gasteiger partial charge is 0.356 e. The molecule has 0 aliphatic carbocycles. The smallest absolute Gasteiger partial charge is 0.274 e. The molecule has 0 atom stereocenters. The highest BCUT2D eigenvalue weighted by molar-refractivity contribution is 5.92. The number of hydrogen-bond acceptors (Lipinski definition) is 7. The Hall–Kier alpha value is -2.77. The van der Waals surface area contributed by atoms with Crippen molar-refractivity contribution in [2.75, 3.05) is 49.1 Å². The van der Waals surface area contributed by atoms with Crippen LogP contribution in [0.3, 0.4) is 0 Å². The first-order valence-corrected chi connectivity index (χ1v) is 8.62. The molecule has 0 N–H and O–H groups in total. The van der Waals surface area contributed by atoms with E-state index in [0.29, 0.717) is 37.8 Å². The lowest BCUT2D eigenvalue weighted by Gasteiger charge is -2.34. The van der Waals surface area contributed by atoms with Gasteiger partial charge in [-0.3, -0.25) is 4.79 Å². The number of amides is 1. The summed E-state index contributed by atoms with van der Waals surface area (Å²) < 4.78 is 0. The summed E-state index contributed by atoms with van der Waals surface area (Å²) in [5.74, 6) is 1.43. The van der Waals surface area contributed by atoms with Crippen LogP contribution >= 0.6 is 0 Å². The van der Waals surface area contributed by atoms with Gasteiger partial charge in [0, 0.05) is 51.7 Å². The van der Waals surface area contributed by atoms with E-state index in [1.165, 1.54) is 0 Å². The highest BCUT2D eigenvalue weighted by Gasteiger charge is 2.24. The van der Waals surface area contributed by atoms with Crippen molar-refractivity contribution in [3.05, 3.63) is 36.3 Å². The number of hydrogen-bond donors (Lipinski definition) is 0. The molecule has 0 spiro atoms. The summed E-state index contributed by atoms with van der Waals surface area (Å²) in [6, 6.07) is 5.42. The maximum absolute atomic E-state index is 12.6. The lowest BCUT2D eigenvalue weighted by Crippen LogP contribution is -2.49. The number of carbonyl (C=O) groups excluding carboxylic acids is 1. The molecule has 2 aromatic rings. The Morgan fingerprint density at radius 3 is 2.28 bits per heavy atom. The molecule has 132 valence electrons. The average molecular weight is 341 g/mol. The third kappa shape index (κ3) is 3.84. The zero-order valence-electron chi connectivity index (χ0n) is 14.7. The van der Waals surface area contributed by atoms with Crippen LogP contribution in [0.1, 0.15) is 24.3 Å². The molecule has 1 aliphatic rings. The minimum absolute atomic E-state index is 0.0766. The zero-order valence-corrected chi connectivity index (χ0v) is 14.7. The molecule has 1 saturated heterocycles. The monoisotopic (exact) mass is 341 g/mol.